The van der Waals surface area contributed by atoms with Crippen molar-refractivity contribution in [2.24, 2.45) is 0 Å². The predicted molar refractivity (Wildman–Crippen MR) is 120 cm³/mol. The van der Waals surface area contributed by atoms with Crippen molar-refractivity contribution in [3.05, 3.63) is 40.8 Å². The molecule has 0 spiro atoms. The normalized spacial score (nSPS) is 14.3. The average molecular weight is 444 g/mol. The first kappa shape index (κ1) is 21.3. The number of carbonyl (C=O) groups excluding carboxylic acids is 1. The number of carbonyl (C=O) groups is 1. The summed E-state index contributed by atoms with van der Waals surface area (Å²) in [6.07, 6.45) is 0. The molecule has 9 nitrogen and oxygen atoms in total. The fourth-order valence-electron chi connectivity index (χ4n) is 3.80. The van der Waals surface area contributed by atoms with Crippen LogP contribution in [-0.2, 0) is 11.3 Å². The zero-order valence-corrected chi connectivity index (χ0v) is 18.7. The quantitative estimate of drug-likeness (QED) is 0.652. The van der Waals surface area contributed by atoms with Crippen molar-refractivity contribution in [3.63, 3.8) is 0 Å². The molecule has 1 aromatic carbocycles. The van der Waals surface area contributed by atoms with E-state index in [1.165, 1.54) is 0 Å². The summed E-state index contributed by atoms with van der Waals surface area (Å²) in [6.45, 7) is 7.36. The van der Waals surface area contributed by atoms with Gasteiger partial charge in [-0.3, -0.25) is 0 Å². The van der Waals surface area contributed by atoms with Crippen LogP contribution in [0.4, 0.5) is 10.6 Å². The first-order valence-electron chi connectivity index (χ1n) is 10.3. The maximum Gasteiger partial charge on any atom is 0.317 e. The third kappa shape index (κ3) is 4.15. The van der Waals surface area contributed by atoms with Gasteiger partial charge in [0, 0.05) is 39.8 Å². The maximum atomic E-state index is 12.2. The highest BCUT2D eigenvalue weighted by molar-refractivity contribution is 6.32. The zero-order valence-electron chi connectivity index (χ0n) is 17.9. The lowest BCUT2D eigenvalue weighted by atomic mass is 10.2. The Morgan fingerprint density at radius 2 is 1.94 bits per heavy atom. The van der Waals surface area contributed by atoms with E-state index in [1.807, 2.05) is 43.0 Å². The van der Waals surface area contributed by atoms with Gasteiger partial charge >= 0.3 is 6.03 Å². The number of urea groups is 1. The number of piperazine rings is 1. The zero-order chi connectivity index (χ0) is 22.0. The summed E-state index contributed by atoms with van der Waals surface area (Å²) >= 11 is 6.45. The van der Waals surface area contributed by atoms with Crippen molar-refractivity contribution in [2.45, 2.75) is 20.5 Å². The van der Waals surface area contributed by atoms with Gasteiger partial charge in [0.15, 0.2) is 11.5 Å². The number of rotatable bonds is 5. The number of ether oxygens (including phenoxy) is 1. The minimum absolute atomic E-state index is 0.0298. The molecule has 1 aliphatic rings. The molecule has 10 heteroatoms. The van der Waals surface area contributed by atoms with Crippen molar-refractivity contribution in [2.75, 3.05) is 44.7 Å². The Morgan fingerprint density at radius 1 is 1.19 bits per heavy atom. The first-order chi connectivity index (χ1) is 15.0. The fourth-order valence-corrected chi connectivity index (χ4v) is 4.02. The first-order valence-corrected chi connectivity index (χ1v) is 10.7. The van der Waals surface area contributed by atoms with Gasteiger partial charge in [-0.2, -0.15) is 5.10 Å². The van der Waals surface area contributed by atoms with Crippen molar-refractivity contribution in [1.29, 1.82) is 0 Å². The van der Waals surface area contributed by atoms with Crippen LogP contribution < -0.4 is 10.2 Å². The lowest BCUT2D eigenvalue weighted by Gasteiger charge is -2.35. The molecule has 31 heavy (non-hydrogen) atoms. The number of aryl methyl sites for hydroxylation is 1. The second-order valence-corrected chi connectivity index (χ2v) is 7.76. The third-order valence-corrected chi connectivity index (χ3v) is 5.60. The van der Waals surface area contributed by atoms with E-state index in [-0.39, 0.29) is 12.6 Å². The number of nitrogens with zero attached hydrogens (tertiary/aromatic N) is 6. The summed E-state index contributed by atoms with van der Waals surface area (Å²) in [4.78, 5) is 25.7. The van der Waals surface area contributed by atoms with Crippen LogP contribution in [-0.4, -0.2) is 70.5 Å². The summed E-state index contributed by atoms with van der Waals surface area (Å²) in [6, 6.07) is 7.52. The van der Waals surface area contributed by atoms with E-state index in [0.29, 0.717) is 49.2 Å². The number of hydrogen-bond acceptors (Lipinski definition) is 6. The highest BCUT2D eigenvalue weighted by Gasteiger charge is 2.26. The smallest absolute Gasteiger partial charge is 0.317 e. The monoisotopic (exact) mass is 443 g/mol. The van der Waals surface area contributed by atoms with Gasteiger partial charge in [0.05, 0.1) is 21.8 Å². The van der Waals surface area contributed by atoms with E-state index in [9.17, 15) is 4.79 Å². The molecule has 3 aromatic rings. The molecular weight excluding hydrogens is 418 g/mol. The molecule has 0 saturated carbocycles. The summed E-state index contributed by atoms with van der Waals surface area (Å²) in [5.74, 6) is 1.38. The van der Waals surface area contributed by atoms with Gasteiger partial charge < -0.3 is 19.9 Å². The molecular formula is C21H26ClN7O2. The highest BCUT2D eigenvalue weighted by atomic mass is 35.5. The van der Waals surface area contributed by atoms with Crippen LogP contribution in [0.25, 0.3) is 16.7 Å². The molecule has 4 rings (SSSR count). The summed E-state index contributed by atoms with van der Waals surface area (Å²) in [7, 11) is 1.62. The van der Waals surface area contributed by atoms with E-state index < -0.39 is 0 Å². The number of amides is 2. The SMILES string of the molecule is CCNC(=O)N1CCN(c2nc(COC)nc3c2c(C)nn3-c2ccccc2Cl)CC1. The van der Waals surface area contributed by atoms with Gasteiger partial charge in [-0.1, -0.05) is 23.7 Å². The van der Waals surface area contributed by atoms with Crippen LogP contribution in [0.15, 0.2) is 24.3 Å². The van der Waals surface area contributed by atoms with Gasteiger partial charge in [0.1, 0.15) is 12.4 Å². The van der Waals surface area contributed by atoms with Crippen molar-refractivity contribution < 1.29 is 9.53 Å². The summed E-state index contributed by atoms with van der Waals surface area (Å²) in [5.41, 5.74) is 2.27. The Balaban J connectivity index is 1.76. The molecule has 164 valence electrons. The van der Waals surface area contributed by atoms with Gasteiger partial charge in [0.25, 0.3) is 0 Å². The molecule has 0 unspecified atom stereocenters. The standard InChI is InChI=1S/C21H26ClN7O2/c1-4-23-21(30)28-11-9-27(10-12-28)19-18-14(2)26-29(16-8-6-5-7-15(16)22)20(18)25-17(24-19)13-31-3/h5-8H,4,9-13H2,1-3H3,(H,23,30). The number of nitrogens with one attached hydrogen (secondary N) is 1. The van der Waals surface area contributed by atoms with E-state index in [1.54, 1.807) is 11.8 Å². The van der Waals surface area contributed by atoms with Crippen molar-refractivity contribution in [3.8, 4) is 5.69 Å². The number of hydrogen-bond donors (Lipinski definition) is 1. The second kappa shape index (κ2) is 9.07. The molecule has 3 heterocycles. The molecule has 1 N–H and O–H groups in total. The largest absolute Gasteiger partial charge is 0.377 e. The number of para-hydroxylation sites is 1. The second-order valence-electron chi connectivity index (χ2n) is 7.35. The molecule has 1 aliphatic heterocycles. The molecule has 1 saturated heterocycles. The Kier molecular flexibility index (Phi) is 6.24. The molecule has 2 aromatic heterocycles. The Labute approximate surface area is 186 Å². The molecule has 0 radical (unpaired) electrons. The Morgan fingerprint density at radius 3 is 2.61 bits per heavy atom. The van der Waals surface area contributed by atoms with Crippen LogP contribution in [0.1, 0.15) is 18.4 Å². The number of aromatic nitrogens is 4. The van der Waals surface area contributed by atoms with Gasteiger partial charge in [-0.05, 0) is 26.0 Å². The van der Waals surface area contributed by atoms with Crippen molar-refractivity contribution in [1.82, 2.24) is 30.0 Å². The van der Waals surface area contributed by atoms with Gasteiger partial charge in [-0.25, -0.2) is 19.4 Å². The summed E-state index contributed by atoms with van der Waals surface area (Å²) < 4.78 is 7.08. The number of halogens is 1. The van der Waals surface area contributed by atoms with Crippen LogP contribution in [0.5, 0.6) is 0 Å². The fraction of sp³-hybridized carbons (Fsp3) is 0.429. The topological polar surface area (TPSA) is 88.4 Å². The third-order valence-electron chi connectivity index (χ3n) is 5.28. The molecule has 0 bridgehead atoms. The van der Waals surface area contributed by atoms with E-state index in [2.05, 4.69) is 10.2 Å². The minimum Gasteiger partial charge on any atom is -0.377 e. The summed E-state index contributed by atoms with van der Waals surface area (Å²) in [5, 5.41) is 9.07. The molecule has 2 amide bonds. The Hall–Kier alpha value is -2.91. The number of benzene rings is 1. The maximum absolute atomic E-state index is 12.2. The minimum atomic E-state index is -0.0298. The van der Waals surface area contributed by atoms with E-state index in [4.69, 9.17) is 31.4 Å². The molecule has 0 atom stereocenters. The van der Waals surface area contributed by atoms with E-state index in [0.717, 1.165) is 22.6 Å². The van der Waals surface area contributed by atoms with E-state index >= 15 is 0 Å². The van der Waals surface area contributed by atoms with Crippen molar-refractivity contribution >= 4 is 34.5 Å². The lowest BCUT2D eigenvalue weighted by Crippen LogP contribution is -2.52. The Bertz CT molecular complexity index is 1090. The van der Waals surface area contributed by atoms with Crippen LogP contribution in [0.3, 0.4) is 0 Å². The lowest BCUT2D eigenvalue weighted by molar-refractivity contribution is 0.178. The van der Waals surface area contributed by atoms with Crippen LogP contribution >= 0.6 is 11.6 Å². The molecule has 0 aliphatic carbocycles. The van der Waals surface area contributed by atoms with Crippen LogP contribution in [0.2, 0.25) is 5.02 Å². The van der Waals surface area contributed by atoms with Gasteiger partial charge in [0.2, 0.25) is 0 Å². The highest BCUT2D eigenvalue weighted by Crippen LogP contribution is 2.31. The van der Waals surface area contributed by atoms with Gasteiger partial charge in [-0.15, -0.1) is 0 Å². The average Bonchev–Trinajstić information content (AvgIpc) is 3.10. The number of fused-ring (bicyclic) bond motifs is 1. The van der Waals surface area contributed by atoms with Crippen LogP contribution in [0, 0.1) is 6.92 Å². The predicted octanol–water partition coefficient (Wildman–Crippen LogP) is 2.78. The number of methoxy groups -OCH3 is 1. The number of anilines is 1. The molecule has 1 fully saturated rings.